The molecule has 8 nitrogen and oxygen atoms in total. The van der Waals surface area contributed by atoms with Crippen LogP contribution in [0.25, 0.3) is 11.3 Å². The average Bonchev–Trinajstić information content (AvgIpc) is 2.98. The van der Waals surface area contributed by atoms with Gasteiger partial charge in [-0.1, -0.05) is 42.5 Å². The molecular weight excluding hydrogens is 478 g/mol. The molecule has 1 aromatic heterocycles. The Kier molecular flexibility index (Phi) is 8.23. The fraction of sp³-hybridized carbons (Fsp3) is 0.233. The highest BCUT2D eigenvalue weighted by molar-refractivity contribution is 5.95. The molecule has 0 aliphatic carbocycles. The maximum atomic E-state index is 12.9. The predicted molar refractivity (Wildman–Crippen MR) is 149 cm³/mol. The maximum Gasteiger partial charge on any atom is 0.251 e. The predicted octanol–water partition coefficient (Wildman–Crippen LogP) is 4.84. The number of anilines is 3. The number of nitrogens with zero attached hydrogens (tertiary/aromatic N) is 3. The average molecular weight is 510 g/mol. The first-order chi connectivity index (χ1) is 18.7. The van der Waals surface area contributed by atoms with E-state index in [-0.39, 0.29) is 11.9 Å². The fourth-order valence-corrected chi connectivity index (χ4v) is 4.39. The van der Waals surface area contributed by atoms with Gasteiger partial charge in [0.15, 0.2) is 0 Å². The van der Waals surface area contributed by atoms with Crippen LogP contribution < -0.4 is 15.5 Å². The molecule has 0 spiro atoms. The Morgan fingerprint density at radius 1 is 0.974 bits per heavy atom. The van der Waals surface area contributed by atoms with Gasteiger partial charge >= 0.3 is 0 Å². The molecule has 194 valence electrons. The van der Waals surface area contributed by atoms with Crippen molar-refractivity contribution in [3.8, 4) is 11.3 Å². The minimum absolute atomic E-state index is 0.159. The largest absolute Gasteiger partial charge is 0.382 e. The Bertz CT molecular complexity index is 1320. The number of ether oxygens (including phenoxy) is 2. The molecule has 0 radical (unpaired) electrons. The summed E-state index contributed by atoms with van der Waals surface area (Å²) in [5, 5.41) is 6.34. The van der Waals surface area contributed by atoms with Gasteiger partial charge in [-0.05, 0) is 48.0 Å². The molecule has 8 heteroatoms. The van der Waals surface area contributed by atoms with Gasteiger partial charge in [-0.25, -0.2) is 9.97 Å². The highest BCUT2D eigenvalue weighted by Crippen LogP contribution is 2.23. The van der Waals surface area contributed by atoms with Gasteiger partial charge in [0.25, 0.3) is 5.91 Å². The highest BCUT2D eigenvalue weighted by Gasteiger charge is 2.16. The molecule has 1 aliphatic heterocycles. The highest BCUT2D eigenvalue weighted by atomic mass is 16.5. The van der Waals surface area contributed by atoms with Crippen LogP contribution in [-0.4, -0.2) is 55.9 Å². The van der Waals surface area contributed by atoms with Crippen LogP contribution in [0.2, 0.25) is 0 Å². The number of amides is 1. The summed E-state index contributed by atoms with van der Waals surface area (Å²) in [6, 6.07) is 27.1. The normalized spacial score (nSPS) is 14.1. The SMILES string of the molecule is COC[C@@H](NC(=O)c1ccc(-c2ccnc(Nc3ccc(N4CCOCC4)cc3)n2)cc1)c1ccccc1. The zero-order valence-electron chi connectivity index (χ0n) is 21.3. The lowest BCUT2D eigenvalue weighted by atomic mass is 10.1. The van der Waals surface area contributed by atoms with Crippen molar-refractivity contribution >= 4 is 23.2 Å². The van der Waals surface area contributed by atoms with E-state index < -0.39 is 0 Å². The second-order valence-corrected chi connectivity index (χ2v) is 9.01. The number of nitrogens with one attached hydrogen (secondary N) is 2. The summed E-state index contributed by atoms with van der Waals surface area (Å²) in [6.45, 7) is 3.71. The lowest BCUT2D eigenvalue weighted by Crippen LogP contribution is -2.36. The molecule has 38 heavy (non-hydrogen) atoms. The number of benzene rings is 3. The monoisotopic (exact) mass is 509 g/mol. The topological polar surface area (TPSA) is 88.6 Å². The van der Waals surface area contributed by atoms with E-state index in [4.69, 9.17) is 9.47 Å². The van der Waals surface area contributed by atoms with Gasteiger partial charge in [0, 0.05) is 48.9 Å². The van der Waals surface area contributed by atoms with Crippen molar-refractivity contribution in [1.82, 2.24) is 15.3 Å². The van der Waals surface area contributed by atoms with E-state index in [0.29, 0.717) is 18.1 Å². The summed E-state index contributed by atoms with van der Waals surface area (Å²) in [5.74, 6) is 0.349. The van der Waals surface area contributed by atoms with Crippen molar-refractivity contribution in [1.29, 1.82) is 0 Å². The maximum absolute atomic E-state index is 12.9. The second-order valence-electron chi connectivity index (χ2n) is 9.01. The lowest BCUT2D eigenvalue weighted by molar-refractivity contribution is 0.0896. The van der Waals surface area contributed by atoms with Crippen molar-refractivity contribution in [2.24, 2.45) is 0 Å². The van der Waals surface area contributed by atoms with E-state index in [1.54, 1.807) is 25.4 Å². The minimum atomic E-state index is -0.230. The number of carbonyl (C=O) groups excluding carboxylic acids is 1. The van der Waals surface area contributed by atoms with Crippen LogP contribution in [0.4, 0.5) is 17.3 Å². The van der Waals surface area contributed by atoms with Gasteiger partial charge < -0.3 is 25.0 Å². The quantitative estimate of drug-likeness (QED) is 0.334. The Morgan fingerprint density at radius 2 is 1.71 bits per heavy atom. The van der Waals surface area contributed by atoms with E-state index in [1.165, 1.54) is 5.69 Å². The van der Waals surface area contributed by atoms with Crippen LogP contribution in [0.1, 0.15) is 22.0 Å². The molecule has 1 amide bonds. The number of hydrogen-bond acceptors (Lipinski definition) is 7. The molecule has 0 saturated carbocycles. The van der Waals surface area contributed by atoms with E-state index in [0.717, 1.165) is 48.8 Å². The smallest absolute Gasteiger partial charge is 0.251 e. The van der Waals surface area contributed by atoms with Gasteiger partial charge in [-0.2, -0.15) is 0 Å². The summed E-state index contributed by atoms with van der Waals surface area (Å²) in [7, 11) is 1.63. The molecule has 0 bridgehead atoms. The number of methoxy groups -OCH3 is 1. The number of hydrogen-bond donors (Lipinski definition) is 2. The lowest BCUT2D eigenvalue weighted by Gasteiger charge is -2.28. The van der Waals surface area contributed by atoms with E-state index in [2.05, 4.69) is 37.6 Å². The molecule has 3 aromatic carbocycles. The fourth-order valence-electron chi connectivity index (χ4n) is 4.39. The van der Waals surface area contributed by atoms with Crippen molar-refractivity contribution < 1.29 is 14.3 Å². The molecule has 4 aromatic rings. The van der Waals surface area contributed by atoms with Crippen LogP contribution in [0.3, 0.4) is 0 Å². The Morgan fingerprint density at radius 3 is 2.42 bits per heavy atom. The van der Waals surface area contributed by atoms with Crippen molar-refractivity contribution in [3.63, 3.8) is 0 Å². The number of aromatic nitrogens is 2. The van der Waals surface area contributed by atoms with Gasteiger partial charge in [-0.15, -0.1) is 0 Å². The van der Waals surface area contributed by atoms with Crippen LogP contribution in [-0.2, 0) is 9.47 Å². The molecule has 5 rings (SSSR count). The molecule has 0 unspecified atom stereocenters. The first kappa shape index (κ1) is 25.4. The number of morpholine rings is 1. The van der Waals surface area contributed by atoms with Crippen LogP contribution >= 0.6 is 0 Å². The van der Waals surface area contributed by atoms with Crippen LogP contribution in [0.15, 0.2) is 91.1 Å². The summed E-state index contributed by atoms with van der Waals surface area (Å²) in [5.41, 5.74) is 5.31. The molecule has 1 saturated heterocycles. The van der Waals surface area contributed by atoms with Gasteiger partial charge in [-0.3, -0.25) is 4.79 Å². The molecule has 2 N–H and O–H groups in total. The van der Waals surface area contributed by atoms with E-state index in [1.807, 2.05) is 60.7 Å². The molecule has 1 atom stereocenters. The summed E-state index contributed by atoms with van der Waals surface area (Å²) < 4.78 is 10.8. The van der Waals surface area contributed by atoms with Crippen LogP contribution in [0.5, 0.6) is 0 Å². The molecule has 2 heterocycles. The Balaban J connectivity index is 1.24. The summed E-state index contributed by atoms with van der Waals surface area (Å²) in [4.78, 5) is 24.3. The van der Waals surface area contributed by atoms with E-state index >= 15 is 0 Å². The van der Waals surface area contributed by atoms with Crippen molar-refractivity contribution in [2.75, 3.05) is 50.2 Å². The number of rotatable bonds is 9. The summed E-state index contributed by atoms with van der Waals surface area (Å²) >= 11 is 0. The van der Waals surface area contributed by atoms with E-state index in [9.17, 15) is 4.79 Å². The third kappa shape index (κ3) is 6.34. The first-order valence-corrected chi connectivity index (χ1v) is 12.7. The Hall–Kier alpha value is -4.27. The molecule has 1 aliphatic rings. The number of carbonyl (C=O) groups is 1. The van der Waals surface area contributed by atoms with Gasteiger partial charge in [0.2, 0.25) is 5.95 Å². The van der Waals surface area contributed by atoms with Gasteiger partial charge in [0.1, 0.15) is 0 Å². The third-order valence-corrected chi connectivity index (χ3v) is 6.44. The molecular formula is C30H31N5O3. The Labute approximate surface area is 222 Å². The van der Waals surface area contributed by atoms with Crippen molar-refractivity contribution in [3.05, 3.63) is 102 Å². The first-order valence-electron chi connectivity index (χ1n) is 12.7. The second kappa shape index (κ2) is 12.3. The van der Waals surface area contributed by atoms with Gasteiger partial charge in [0.05, 0.1) is 31.6 Å². The molecule has 1 fully saturated rings. The summed E-state index contributed by atoms with van der Waals surface area (Å²) in [6.07, 6.45) is 1.72. The zero-order chi connectivity index (χ0) is 26.2. The standard InChI is InChI=1S/C30H31N5O3/c1-37-21-28(22-5-3-2-4-6-22)33-29(36)24-9-7-23(8-10-24)27-15-16-31-30(34-27)32-25-11-13-26(14-12-25)35-17-19-38-20-18-35/h2-16,28H,17-21H2,1H3,(H,33,36)(H,31,32,34)/t28-/m1/s1. The zero-order valence-corrected chi connectivity index (χ0v) is 21.3. The van der Waals surface area contributed by atoms with Crippen molar-refractivity contribution in [2.45, 2.75) is 6.04 Å². The minimum Gasteiger partial charge on any atom is -0.382 e. The van der Waals surface area contributed by atoms with Crippen LogP contribution in [0, 0.1) is 0 Å². The third-order valence-electron chi connectivity index (χ3n) is 6.44.